The van der Waals surface area contributed by atoms with Crippen molar-refractivity contribution in [2.75, 3.05) is 17.2 Å². The number of β-lactam (4-membered cyclic amide) rings is 1. The number of anilines is 1. The van der Waals surface area contributed by atoms with Gasteiger partial charge in [0.1, 0.15) is 23.2 Å². The molecule has 1 fully saturated rings. The van der Waals surface area contributed by atoms with E-state index in [-0.39, 0.29) is 34.2 Å². The quantitative estimate of drug-likeness (QED) is 0.117. The number of thioether (sulfide) groups is 2. The minimum atomic E-state index is -1.22. The van der Waals surface area contributed by atoms with Gasteiger partial charge in [-0.2, -0.15) is 9.36 Å². The van der Waals surface area contributed by atoms with Gasteiger partial charge in [0, 0.05) is 30.1 Å². The summed E-state index contributed by atoms with van der Waals surface area (Å²) in [7, 11) is 1.68. The number of carbonyl (C=O) groups excluding carboxylic acids is 2. The van der Waals surface area contributed by atoms with Crippen molar-refractivity contribution in [2.45, 2.75) is 35.5 Å². The number of hydrogen-bond donors (Lipinski definition) is 3. The number of tetrazole rings is 1. The van der Waals surface area contributed by atoms with E-state index >= 15 is 0 Å². The molecule has 3 unspecified atom stereocenters. The number of amides is 2. The molecule has 0 bridgehead atoms. The number of carbonyl (C=O) groups is 3. The first kappa shape index (κ1) is 25.2. The highest BCUT2D eigenvalue weighted by Crippen LogP contribution is 2.41. The molecule has 3 atom stereocenters. The molecule has 37 heavy (non-hydrogen) atoms. The molecule has 0 radical (unpaired) electrons. The Morgan fingerprint density at radius 3 is 2.92 bits per heavy atom. The number of nitrogens with one attached hydrogen (secondary N) is 1. The lowest BCUT2D eigenvalue weighted by Crippen LogP contribution is -2.71. The van der Waals surface area contributed by atoms with Crippen molar-refractivity contribution in [3.8, 4) is 0 Å². The third kappa shape index (κ3) is 5.03. The number of nitrogens with zero attached hydrogens (tertiary/aromatic N) is 8. The molecule has 2 amide bonds. The number of aliphatic carboxylic acids is 1. The number of nitrogen functional groups attached to an aromatic ring is 1. The molecule has 1 aliphatic carbocycles. The summed E-state index contributed by atoms with van der Waals surface area (Å²) < 4.78 is 5.51. The van der Waals surface area contributed by atoms with Gasteiger partial charge >= 0.3 is 5.97 Å². The largest absolute Gasteiger partial charge is 0.477 e. The third-order valence-corrected chi connectivity index (χ3v) is 8.59. The van der Waals surface area contributed by atoms with Crippen LogP contribution >= 0.6 is 35.1 Å². The van der Waals surface area contributed by atoms with Crippen molar-refractivity contribution in [1.29, 1.82) is 0 Å². The first-order valence-corrected chi connectivity index (χ1v) is 13.7. The summed E-state index contributed by atoms with van der Waals surface area (Å²) in [6.07, 6.45) is 5.06. The Labute approximate surface area is 221 Å². The molecule has 4 N–H and O–H groups in total. The van der Waals surface area contributed by atoms with Gasteiger partial charge in [-0.3, -0.25) is 14.5 Å². The molecule has 2 aromatic heterocycles. The van der Waals surface area contributed by atoms with E-state index in [1.165, 1.54) is 33.1 Å². The van der Waals surface area contributed by atoms with Gasteiger partial charge in [-0.05, 0) is 34.9 Å². The second-order valence-electron chi connectivity index (χ2n) is 8.04. The van der Waals surface area contributed by atoms with E-state index in [4.69, 9.17) is 10.6 Å². The van der Waals surface area contributed by atoms with Gasteiger partial charge in [-0.1, -0.05) is 23.0 Å². The normalized spacial score (nSPS) is 23.2. The molecule has 18 heteroatoms. The average Bonchev–Trinajstić information content (AvgIpc) is 3.64. The zero-order chi connectivity index (χ0) is 26.1. The van der Waals surface area contributed by atoms with Crippen LogP contribution in [0.25, 0.3) is 0 Å². The highest BCUT2D eigenvalue weighted by Gasteiger charge is 2.54. The molecule has 3 aliphatic rings. The Morgan fingerprint density at radius 2 is 2.27 bits per heavy atom. The maximum atomic E-state index is 13.1. The van der Waals surface area contributed by atoms with Crippen LogP contribution in [0.2, 0.25) is 0 Å². The maximum Gasteiger partial charge on any atom is 0.352 e. The summed E-state index contributed by atoms with van der Waals surface area (Å²) in [5.41, 5.74) is 5.91. The number of rotatable bonds is 9. The minimum absolute atomic E-state index is 0.0226. The number of hydrogen-bond acceptors (Lipinski definition) is 14. The van der Waals surface area contributed by atoms with Crippen LogP contribution in [0.1, 0.15) is 18.7 Å². The van der Waals surface area contributed by atoms with Gasteiger partial charge in [0.2, 0.25) is 16.7 Å². The van der Waals surface area contributed by atoms with Crippen LogP contribution in [0.4, 0.5) is 5.13 Å². The van der Waals surface area contributed by atoms with E-state index in [0.717, 1.165) is 24.4 Å². The zero-order valence-corrected chi connectivity index (χ0v) is 21.6. The Balaban J connectivity index is 1.31. The predicted octanol–water partition coefficient (Wildman–Crippen LogP) is -0.386. The first-order valence-electron chi connectivity index (χ1n) is 10.9. The fourth-order valence-corrected chi connectivity index (χ4v) is 6.60. The van der Waals surface area contributed by atoms with Crippen molar-refractivity contribution in [1.82, 2.24) is 39.8 Å². The topological polar surface area (TPSA) is 204 Å². The lowest BCUT2D eigenvalue weighted by Gasteiger charge is -2.49. The number of aryl methyl sites for hydroxylation is 1. The summed E-state index contributed by atoms with van der Waals surface area (Å²) in [4.78, 5) is 48.9. The standard InChI is InChI=1S/C19H20N10O5S3/c1-28-19(23-26-27-28)36-7-8-6-35-16-11(15(31)29(16)12(8)17(32)33)21-14(30)10(13-22-18(20)37-25-13)24-34-9-4-2-3-5-9/h2,4,9,11,16H,3,5-7H2,1H3,(H,21,30)(H,32,33)(H2,20,22,25)/b24-10+. The van der Waals surface area contributed by atoms with E-state index in [9.17, 15) is 19.5 Å². The molecule has 15 nitrogen and oxygen atoms in total. The van der Waals surface area contributed by atoms with Crippen molar-refractivity contribution in [3.05, 3.63) is 29.2 Å². The lowest BCUT2D eigenvalue weighted by molar-refractivity contribution is -0.150. The molecule has 5 rings (SSSR count). The number of allylic oxidation sites excluding steroid dienone is 1. The second-order valence-corrected chi connectivity index (χ2v) is 10.9. The molecule has 0 spiro atoms. The number of carboxylic acid groups (broad SMARTS) is 1. The smallest absolute Gasteiger partial charge is 0.352 e. The van der Waals surface area contributed by atoms with Crippen LogP contribution in [0.3, 0.4) is 0 Å². The number of nitrogens with two attached hydrogens (primary N) is 1. The summed E-state index contributed by atoms with van der Waals surface area (Å²) in [5, 5.41) is 27.7. The van der Waals surface area contributed by atoms with Gasteiger partial charge in [0.15, 0.2) is 5.13 Å². The zero-order valence-electron chi connectivity index (χ0n) is 19.2. The fraction of sp³-hybridized carbons (Fsp3) is 0.421. The fourth-order valence-electron chi connectivity index (χ4n) is 3.83. The van der Waals surface area contributed by atoms with E-state index < -0.39 is 29.2 Å². The number of oxime groups is 1. The molecular weight excluding hydrogens is 544 g/mol. The van der Waals surface area contributed by atoms with Crippen LogP contribution in [-0.2, 0) is 26.3 Å². The molecule has 0 aromatic carbocycles. The number of fused-ring (bicyclic) bond motifs is 1. The predicted molar refractivity (Wildman–Crippen MR) is 133 cm³/mol. The molecule has 0 saturated carbocycles. The molecule has 2 aliphatic heterocycles. The lowest BCUT2D eigenvalue weighted by atomic mass is 10.0. The van der Waals surface area contributed by atoms with E-state index in [2.05, 4.69) is 35.4 Å². The number of aromatic nitrogens is 6. The van der Waals surface area contributed by atoms with Gasteiger partial charge in [-0.15, -0.1) is 16.9 Å². The van der Waals surface area contributed by atoms with E-state index in [0.29, 0.717) is 16.5 Å². The van der Waals surface area contributed by atoms with Crippen molar-refractivity contribution < 1.29 is 24.3 Å². The molecule has 2 aromatic rings. The molecule has 4 heterocycles. The average molecular weight is 565 g/mol. The van der Waals surface area contributed by atoms with Crippen LogP contribution < -0.4 is 11.1 Å². The Morgan fingerprint density at radius 1 is 1.43 bits per heavy atom. The van der Waals surface area contributed by atoms with Crippen molar-refractivity contribution in [3.63, 3.8) is 0 Å². The summed E-state index contributed by atoms with van der Waals surface area (Å²) in [6.45, 7) is 0. The maximum absolute atomic E-state index is 13.1. The van der Waals surface area contributed by atoms with Gasteiger partial charge in [0.25, 0.3) is 11.8 Å². The second kappa shape index (κ2) is 10.5. The molecule has 194 valence electrons. The Kier molecular flexibility index (Phi) is 7.11. The molecular formula is C19H20N10O5S3. The first-order chi connectivity index (χ1) is 17.8. The van der Waals surface area contributed by atoms with Crippen molar-refractivity contribution in [2.24, 2.45) is 12.2 Å². The Bertz CT molecular complexity index is 1340. The highest BCUT2D eigenvalue weighted by molar-refractivity contribution is 8.01. The van der Waals surface area contributed by atoms with Crippen molar-refractivity contribution >= 4 is 63.7 Å². The monoisotopic (exact) mass is 564 g/mol. The van der Waals surface area contributed by atoms with Crippen LogP contribution in [0.15, 0.2) is 33.7 Å². The summed E-state index contributed by atoms with van der Waals surface area (Å²) >= 11 is 3.51. The van der Waals surface area contributed by atoms with Gasteiger partial charge < -0.3 is 21.0 Å². The van der Waals surface area contributed by atoms with E-state index in [1.54, 1.807) is 7.05 Å². The van der Waals surface area contributed by atoms with Crippen LogP contribution in [0, 0.1) is 0 Å². The Hall–Kier alpha value is -3.51. The summed E-state index contributed by atoms with van der Waals surface area (Å²) in [5.74, 6) is -1.88. The highest BCUT2D eigenvalue weighted by atomic mass is 32.2. The molecule has 1 saturated heterocycles. The number of carboxylic acids is 1. The van der Waals surface area contributed by atoms with Crippen LogP contribution in [0.5, 0.6) is 0 Å². The van der Waals surface area contributed by atoms with Gasteiger partial charge in [-0.25, -0.2) is 9.48 Å². The van der Waals surface area contributed by atoms with Gasteiger partial charge in [0.05, 0.1) is 0 Å². The summed E-state index contributed by atoms with van der Waals surface area (Å²) in [6, 6.07) is -0.962. The third-order valence-electron chi connectivity index (χ3n) is 5.61. The minimum Gasteiger partial charge on any atom is -0.477 e. The van der Waals surface area contributed by atoms with Crippen LogP contribution in [-0.4, -0.2) is 92.1 Å². The van der Waals surface area contributed by atoms with E-state index in [1.807, 2.05) is 12.2 Å². The SMILES string of the molecule is Cn1nnnc1SCC1=C(C(=O)O)N2C(=O)C(NC(=O)/C(=N/OC3C=CCC3)c3nsc(N)n3)C2SC1.